The molecule has 0 aliphatic carbocycles. The lowest BCUT2D eigenvalue weighted by Gasteiger charge is -2.37. The lowest BCUT2D eigenvalue weighted by molar-refractivity contribution is 0.258. The number of aryl methyl sites for hydroxylation is 1. The van der Waals surface area contributed by atoms with E-state index in [1.54, 1.807) is 0 Å². The summed E-state index contributed by atoms with van der Waals surface area (Å²) in [5.41, 5.74) is 4.59. The lowest BCUT2D eigenvalue weighted by atomic mass is 10.1. The molecule has 6 nitrogen and oxygen atoms in total. The summed E-state index contributed by atoms with van der Waals surface area (Å²) in [6.45, 7) is 6.21. The molecule has 6 heteroatoms. The van der Waals surface area contributed by atoms with Gasteiger partial charge in [0.25, 0.3) is 0 Å². The van der Waals surface area contributed by atoms with Crippen LogP contribution in [-0.2, 0) is 7.05 Å². The molecule has 138 valence electrons. The summed E-state index contributed by atoms with van der Waals surface area (Å²) >= 11 is 0. The molecule has 5 rings (SSSR count). The Hall–Kier alpha value is -2.86. The van der Waals surface area contributed by atoms with Crippen LogP contribution in [0.3, 0.4) is 0 Å². The van der Waals surface area contributed by atoms with Crippen molar-refractivity contribution in [2.45, 2.75) is 13.0 Å². The minimum Gasteiger partial charge on any atom is -0.368 e. The maximum Gasteiger partial charge on any atom is 0.133 e. The zero-order valence-electron chi connectivity index (χ0n) is 15.8. The van der Waals surface area contributed by atoms with Gasteiger partial charge >= 0.3 is 0 Å². The SMILES string of the molecule is C[C@H]1CN(C2=CN3CC=C(c4ccc5c(cnn5C)c4)N=C3C=C2)CCN1. The second kappa shape index (κ2) is 6.39. The molecule has 27 heavy (non-hydrogen) atoms. The molecule has 3 aliphatic rings. The molecule has 0 bridgehead atoms. The Bertz CT molecular complexity index is 1010. The molecule has 4 heterocycles. The van der Waals surface area contributed by atoms with E-state index in [-0.39, 0.29) is 0 Å². The first kappa shape index (κ1) is 16.3. The van der Waals surface area contributed by atoms with Crippen LogP contribution >= 0.6 is 0 Å². The Kier molecular flexibility index (Phi) is 3.86. The first-order valence-electron chi connectivity index (χ1n) is 9.53. The summed E-state index contributed by atoms with van der Waals surface area (Å²) in [5.74, 6) is 1.01. The molecule has 0 amide bonds. The summed E-state index contributed by atoms with van der Waals surface area (Å²) in [6, 6.07) is 6.94. The molecule has 1 atom stereocenters. The molecule has 2 aromatic rings. The molecule has 3 aliphatic heterocycles. The number of allylic oxidation sites excluding steroid dienone is 1. The predicted octanol–water partition coefficient (Wildman–Crippen LogP) is 2.33. The Balaban J connectivity index is 1.38. The van der Waals surface area contributed by atoms with E-state index in [0.717, 1.165) is 54.2 Å². The fraction of sp³-hybridized carbons (Fsp3) is 0.333. The quantitative estimate of drug-likeness (QED) is 0.893. The highest BCUT2D eigenvalue weighted by Crippen LogP contribution is 2.26. The molecule has 0 saturated carbocycles. The first-order chi connectivity index (χ1) is 13.2. The van der Waals surface area contributed by atoms with E-state index < -0.39 is 0 Å². The highest BCUT2D eigenvalue weighted by Gasteiger charge is 2.22. The summed E-state index contributed by atoms with van der Waals surface area (Å²) in [7, 11) is 1.97. The van der Waals surface area contributed by atoms with Crippen LogP contribution < -0.4 is 5.32 Å². The Labute approximate surface area is 159 Å². The van der Waals surface area contributed by atoms with Gasteiger partial charge in [-0.2, -0.15) is 5.10 Å². The molecule has 0 radical (unpaired) electrons. The minimum atomic E-state index is 0.526. The summed E-state index contributed by atoms with van der Waals surface area (Å²) in [6.07, 6.45) is 10.7. The van der Waals surface area contributed by atoms with Gasteiger partial charge in [0.05, 0.1) is 23.1 Å². The van der Waals surface area contributed by atoms with Gasteiger partial charge in [0.1, 0.15) is 5.84 Å². The number of rotatable bonds is 2. The average molecular weight is 360 g/mol. The molecule has 1 saturated heterocycles. The number of aliphatic imine (C=N–C) groups is 1. The van der Waals surface area contributed by atoms with Crippen molar-refractivity contribution in [1.29, 1.82) is 0 Å². The highest BCUT2D eigenvalue weighted by atomic mass is 15.3. The Morgan fingerprint density at radius 1 is 1.22 bits per heavy atom. The van der Waals surface area contributed by atoms with Crippen LogP contribution in [0.4, 0.5) is 0 Å². The van der Waals surface area contributed by atoms with E-state index in [9.17, 15) is 0 Å². The van der Waals surface area contributed by atoms with Crippen LogP contribution in [0, 0.1) is 0 Å². The maximum atomic E-state index is 4.90. The second-order valence-electron chi connectivity index (χ2n) is 7.44. The van der Waals surface area contributed by atoms with Crippen molar-refractivity contribution in [2.24, 2.45) is 12.0 Å². The number of hydrogen-bond acceptors (Lipinski definition) is 5. The summed E-state index contributed by atoms with van der Waals surface area (Å²) in [4.78, 5) is 9.58. The van der Waals surface area contributed by atoms with Gasteiger partial charge in [0, 0.05) is 56.4 Å². The van der Waals surface area contributed by atoms with Crippen molar-refractivity contribution in [2.75, 3.05) is 26.2 Å². The smallest absolute Gasteiger partial charge is 0.133 e. The maximum absolute atomic E-state index is 4.90. The topological polar surface area (TPSA) is 48.7 Å². The number of fused-ring (bicyclic) bond motifs is 2. The summed E-state index contributed by atoms with van der Waals surface area (Å²) < 4.78 is 1.90. The van der Waals surface area contributed by atoms with Crippen LogP contribution in [0.15, 0.2) is 59.5 Å². The van der Waals surface area contributed by atoms with Crippen LogP contribution in [0.5, 0.6) is 0 Å². The normalized spacial score (nSPS) is 22.4. The zero-order chi connectivity index (χ0) is 18.4. The van der Waals surface area contributed by atoms with E-state index in [2.05, 4.69) is 69.8 Å². The monoisotopic (exact) mass is 360 g/mol. The van der Waals surface area contributed by atoms with E-state index >= 15 is 0 Å². The van der Waals surface area contributed by atoms with Gasteiger partial charge in [-0.3, -0.25) is 4.68 Å². The average Bonchev–Trinajstić information content (AvgIpc) is 3.07. The lowest BCUT2D eigenvalue weighted by Crippen LogP contribution is -2.49. The summed E-state index contributed by atoms with van der Waals surface area (Å²) in [5, 5.41) is 8.98. The molecule has 0 spiro atoms. The molecule has 1 aromatic carbocycles. The van der Waals surface area contributed by atoms with Crippen LogP contribution in [0.1, 0.15) is 12.5 Å². The third kappa shape index (κ3) is 2.96. The zero-order valence-corrected chi connectivity index (χ0v) is 15.8. The van der Waals surface area contributed by atoms with E-state index in [1.807, 2.05) is 17.9 Å². The number of amidine groups is 1. The second-order valence-corrected chi connectivity index (χ2v) is 7.44. The number of benzene rings is 1. The fourth-order valence-electron chi connectivity index (χ4n) is 3.99. The number of hydrogen-bond donors (Lipinski definition) is 1. The van der Waals surface area contributed by atoms with Gasteiger partial charge < -0.3 is 15.1 Å². The van der Waals surface area contributed by atoms with E-state index in [1.165, 1.54) is 5.70 Å². The van der Waals surface area contributed by atoms with Gasteiger partial charge in [-0.1, -0.05) is 6.07 Å². The van der Waals surface area contributed by atoms with Crippen molar-refractivity contribution in [3.05, 3.63) is 60.1 Å². The number of piperazine rings is 1. The van der Waals surface area contributed by atoms with Gasteiger partial charge in [-0.25, -0.2) is 4.99 Å². The molecular formula is C21H24N6. The van der Waals surface area contributed by atoms with Gasteiger partial charge in [0.2, 0.25) is 0 Å². The van der Waals surface area contributed by atoms with Crippen molar-refractivity contribution in [3.63, 3.8) is 0 Å². The molecule has 1 N–H and O–H groups in total. The van der Waals surface area contributed by atoms with Gasteiger partial charge in [-0.05, 0) is 37.3 Å². The number of nitrogens with zero attached hydrogens (tertiary/aromatic N) is 5. The van der Waals surface area contributed by atoms with Crippen molar-refractivity contribution in [1.82, 2.24) is 24.9 Å². The van der Waals surface area contributed by atoms with Crippen LogP contribution in [0.25, 0.3) is 16.6 Å². The molecule has 0 unspecified atom stereocenters. The molecular weight excluding hydrogens is 336 g/mol. The Morgan fingerprint density at radius 2 is 2.15 bits per heavy atom. The first-order valence-corrected chi connectivity index (χ1v) is 9.53. The standard InChI is InChI=1S/C21H24N6/c1-15-13-26(10-8-22-15)18-4-6-21-24-19(7-9-27(21)14-18)16-3-5-20-17(11-16)12-23-25(20)2/h3-7,11-12,14-15,22H,8-10,13H2,1-2H3/t15-/m0/s1. The minimum absolute atomic E-state index is 0.526. The fourth-order valence-corrected chi connectivity index (χ4v) is 3.99. The van der Waals surface area contributed by atoms with E-state index in [4.69, 9.17) is 4.99 Å². The van der Waals surface area contributed by atoms with Gasteiger partial charge in [0.15, 0.2) is 0 Å². The number of aromatic nitrogens is 2. The van der Waals surface area contributed by atoms with E-state index in [0.29, 0.717) is 6.04 Å². The van der Waals surface area contributed by atoms with Crippen molar-refractivity contribution >= 4 is 22.4 Å². The number of nitrogens with one attached hydrogen (secondary N) is 1. The van der Waals surface area contributed by atoms with Crippen molar-refractivity contribution in [3.8, 4) is 0 Å². The third-order valence-corrected chi connectivity index (χ3v) is 5.48. The highest BCUT2D eigenvalue weighted by molar-refractivity contribution is 6.00. The molecule has 1 aromatic heterocycles. The Morgan fingerprint density at radius 3 is 3.04 bits per heavy atom. The predicted molar refractivity (Wildman–Crippen MR) is 109 cm³/mol. The largest absolute Gasteiger partial charge is 0.368 e. The molecule has 1 fully saturated rings. The van der Waals surface area contributed by atoms with Gasteiger partial charge in [-0.15, -0.1) is 0 Å². The van der Waals surface area contributed by atoms with Crippen molar-refractivity contribution < 1.29 is 0 Å². The third-order valence-electron chi connectivity index (χ3n) is 5.48. The van der Waals surface area contributed by atoms with Crippen LogP contribution in [0.2, 0.25) is 0 Å². The van der Waals surface area contributed by atoms with Crippen LogP contribution in [-0.4, -0.2) is 57.6 Å².